The van der Waals surface area contributed by atoms with E-state index in [4.69, 9.17) is 29.0 Å². The van der Waals surface area contributed by atoms with Crippen LogP contribution in [0.15, 0.2) is 94.8 Å². The lowest BCUT2D eigenvalue weighted by atomic mass is 9.96. The van der Waals surface area contributed by atoms with Crippen LogP contribution in [-0.4, -0.2) is 33.8 Å². The van der Waals surface area contributed by atoms with Crippen LogP contribution >= 0.6 is 0 Å². The number of fused-ring (bicyclic) bond motifs is 2. The zero-order valence-electron chi connectivity index (χ0n) is 29.2. The van der Waals surface area contributed by atoms with Crippen molar-refractivity contribution in [3.8, 4) is 40.1 Å². The summed E-state index contributed by atoms with van der Waals surface area (Å²) in [6.07, 6.45) is 1.75. The molecule has 6 aromatic rings. The van der Waals surface area contributed by atoms with Gasteiger partial charge in [-0.2, -0.15) is 9.78 Å². The number of benzene rings is 4. The van der Waals surface area contributed by atoms with E-state index in [0.29, 0.717) is 29.9 Å². The number of aryl methyl sites for hydroxylation is 2. The van der Waals surface area contributed by atoms with E-state index in [0.717, 1.165) is 67.9 Å². The van der Waals surface area contributed by atoms with Crippen LogP contribution in [0.1, 0.15) is 60.3 Å². The SMILES string of the molecule is CCOc1cc(C)c(-c2nc3ccccc3c(=O)n2N=Cc2cc(C)n(-c3ccc(OCc4ccc5c(c4)OCO5)cc3)c2C)cc1C(C)C. The summed E-state index contributed by atoms with van der Waals surface area (Å²) in [6, 6.07) is 27.4. The van der Waals surface area contributed by atoms with Crippen molar-refractivity contribution in [3.05, 3.63) is 129 Å². The van der Waals surface area contributed by atoms with Gasteiger partial charge in [-0.25, -0.2) is 4.98 Å². The Balaban J connectivity index is 1.20. The van der Waals surface area contributed by atoms with Crippen LogP contribution < -0.4 is 24.5 Å². The van der Waals surface area contributed by atoms with Gasteiger partial charge in [0.1, 0.15) is 18.1 Å². The fourth-order valence-electron chi connectivity index (χ4n) is 6.40. The van der Waals surface area contributed by atoms with Gasteiger partial charge in [-0.05, 0) is 117 Å². The highest BCUT2D eigenvalue weighted by atomic mass is 16.7. The van der Waals surface area contributed by atoms with Crippen molar-refractivity contribution in [1.29, 1.82) is 0 Å². The predicted molar refractivity (Wildman–Crippen MR) is 197 cm³/mol. The third-order valence-corrected chi connectivity index (χ3v) is 8.99. The zero-order chi connectivity index (χ0) is 34.9. The highest BCUT2D eigenvalue weighted by molar-refractivity contribution is 5.84. The number of nitrogens with zero attached hydrogens (tertiary/aromatic N) is 4. The minimum absolute atomic E-state index is 0.209. The Bertz CT molecular complexity index is 2300. The van der Waals surface area contributed by atoms with E-state index in [2.05, 4.69) is 37.5 Å². The van der Waals surface area contributed by atoms with Gasteiger partial charge in [-0.3, -0.25) is 4.79 Å². The van der Waals surface area contributed by atoms with Crippen LogP contribution in [-0.2, 0) is 6.61 Å². The van der Waals surface area contributed by atoms with Gasteiger partial charge in [0.05, 0.1) is 23.7 Å². The number of hydrogen-bond donors (Lipinski definition) is 0. The Hall–Kier alpha value is -5.83. The molecule has 0 bridgehead atoms. The molecule has 0 atom stereocenters. The summed E-state index contributed by atoms with van der Waals surface area (Å²) in [5, 5.41) is 5.32. The molecule has 3 heterocycles. The minimum Gasteiger partial charge on any atom is -0.494 e. The molecule has 1 aliphatic rings. The molecule has 0 fully saturated rings. The number of para-hydroxylation sites is 1. The first-order chi connectivity index (χ1) is 24.2. The van der Waals surface area contributed by atoms with E-state index >= 15 is 0 Å². The maximum Gasteiger partial charge on any atom is 0.282 e. The molecule has 2 aromatic heterocycles. The quantitative estimate of drug-likeness (QED) is 0.136. The van der Waals surface area contributed by atoms with Crippen molar-refractivity contribution in [2.75, 3.05) is 13.4 Å². The lowest BCUT2D eigenvalue weighted by Gasteiger charge is -2.18. The molecule has 50 heavy (non-hydrogen) atoms. The van der Waals surface area contributed by atoms with E-state index in [-0.39, 0.29) is 18.3 Å². The molecule has 0 aliphatic carbocycles. The normalized spacial score (nSPS) is 12.4. The van der Waals surface area contributed by atoms with E-state index in [1.165, 1.54) is 4.68 Å². The van der Waals surface area contributed by atoms with Crippen LogP contribution in [0.3, 0.4) is 0 Å². The van der Waals surface area contributed by atoms with Gasteiger partial charge in [0.15, 0.2) is 17.3 Å². The third kappa shape index (κ3) is 6.22. The van der Waals surface area contributed by atoms with Crippen molar-refractivity contribution in [2.24, 2.45) is 5.10 Å². The van der Waals surface area contributed by atoms with Crippen LogP contribution in [0, 0.1) is 20.8 Å². The molecule has 0 amide bonds. The molecular weight excluding hydrogens is 628 g/mol. The molecule has 7 rings (SSSR count). The van der Waals surface area contributed by atoms with Crippen LogP contribution in [0.2, 0.25) is 0 Å². The lowest BCUT2D eigenvalue weighted by molar-refractivity contribution is 0.174. The van der Waals surface area contributed by atoms with Gasteiger partial charge in [0.25, 0.3) is 5.56 Å². The Morgan fingerprint density at radius 3 is 2.48 bits per heavy atom. The highest BCUT2D eigenvalue weighted by Gasteiger charge is 2.19. The molecule has 0 unspecified atom stereocenters. The van der Waals surface area contributed by atoms with E-state index < -0.39 is 0 Å². The number of ether oxygens (including phenoxy) is 4. The topological polar surface area (TPSA) is 89.1 Å². The van der Waals surface area contributed by atoms with Crippen LogP contribution in [0.5, 0.6) is 23.0 Å². The summed E-state index contributed by atoms with van der Waals surface area (Å²) in [4.78, 5) is 19.0. The molecule has 4 aromatic carbocycles. The fraction of sp³-hybridized carbons (Fsp3) is 0.244. The van der Waals surface area contributed by atoms with Crippen molar-refractivity contribution < 1.29 is 18.9 Å². The zero-order valence-corrected chi connectivity index (χ0v) is 29.2. The summed E-state index contributed by atoms with van der Waals surface area (Å²) in [5.74, 6) is 3.79. The van der Waals surface area contributed by atoms with Gasteiger partial charge in [-0.15, -0.1) is 0 Å². The second-order valence-corrected chi connectivity index (χ2v) is 12.7. The van der Waals surface area contributed by atoms with Crippen molar-refractivity contribution in [3.63, 3.8) is 0 Å². The third-order valence-electron chi connectivity index (χ3n) is 8.99. The molecule has 0 N–H and O–H groups in total. The van der Waals surface area contributed by atoms with Crippen molar-refractivity contribution in [1.82, 2.24) is 14.2 Å². The molecule has 0 spiro atoms. The highest BCUT2D eigenvalue weighted by Crippen LogP contribution is 2.35. The molecule has 0 saturated carbocycles. The molecule has 254 valence electrons. The lowest BCUT2D eigenvalue weighted by Crippen LogP contribution is -2.21. The first-order valence-corrected chi connectivity index (χ1v) is 16.9. The Kier molecular flexibility index (Phi) is 8.89. The Morgan fingerprint density at radius 2 is 1.70 bits per heavy atom. The first kappa shape index (κ1) is 32.7. The Morgan fingerprint density at radius 1 is 0.920 bits per heavy atom. The van der Waals surface area contributed by atoms with Crippen LogP contribution in [0.25, 0.3) is 28.0 Å². The van der Waals surface area contributed by atoms with E-state index in [1.807, 2.05) is 87.5 Å². The Labute approximate surface area is 291 Å². The summed E-state index contributed by atoms with van der Waals surface area (Å²) in [5.41, 5.74) is 8.14. The second kappa shape index (κ2) is 13.6. The first-order valence-electron chi connectivity index (χ1n) is 16.9. The molecule has 1 aliphatic heterocycles. The number of rotatable bonds is 10. The average molecular weight is 669 g/mol. The standard InChI is InChI=1S/C41H40N4O5/c1-7-47-38-18-26(4)35(21-34(38)25(2)3)40-43-36-11-9-8-10-33(36)41(46)45(40)42-22-30-19-27(5)44(28(30)6)31-13-15-32(16-14-31)48-23-29-12-17-37-39(20-29)50-24-49-37/h8-22,25H,7,23-24H2,1-6H3. The molecule has 0 radical (unpaired) electrons. The van der Waals surface area contributed by atoms with E-state index in [9.17, 15) is 4.79 Å². The molecule has 0 saturated heterocycles. The maximum absolute atomic E-state index is 14.0. The second-order valence-electron chi connectivity index (χ2n) is 12.7. The van der Waals surface area contributed by atoms with Gasteiger partial charge in [0, 0.05) is 28.2 Å². The van der Waals surface area contributed by atoms with Crippen LogP contribution in [0.4, 0.5) is 0 Å². The van der Waals surface area contributed by atoms with E-state index in [1.54, 1.807) is 12.3 Å². The fourth-order valence-corrected chi connectivity index (χ4v) is 6.40. The summed E-state index contributed by atoms with van der Waals surface area (Å²) >= 11 is 0. The number of aromatic nitrogens is 3. The largest absolute Gasteiger partial charge is 0.494 e. The summed E-state index contributed by atoms with van der Waals surface area (Å²) < 4.78 is 26.5. The van der Waals surface area contributed by atoms with Gasteiger partial charge < -0.3 is 23.5 Å². The van der Waals surface area contributed by atoms with Crippen molar-refractivity contribution in [2.45, 2.75) is 54.1 Å². The maximum atomic E-state index is 14.0. The molecular formula is C41H40N4O5. The summed E-state index contributed by atoms with van der Waals surface area (Å²) in [6.45, 7) is 13.6. The summed E-state index contributed by atoms with van der Waals surface area (Å²) in [7, 11) is 0. The van der Waals surface area contributed by atoms with Gasteiger partial charge in [-0.1, -0.05) is 32.0 Å². The van der Waals surface area contributed by atoms with Crippen molar-refractivity contribution >= 4 is 17.1 Å². The smallest absolute Gasteiger partial charge is 0.282 e. The molecule has 9 heteroatoms. The minimum atomic E-state index is -0.230. The predicted octanol–water partition coefficient (Wildman–Crippen LogP) is 8.49. The van der Waals surface area contributed by atoms with Gasteiger partial charge >= 0.3 is 0 Å². The number of hydrogen-bond acceptors (Lipinski definition) is 7. The average Bonchev–Trinajstić information content (AvgIpc) is 3.69. The van der Waals surface area contributed by atoms with Gasteiger partial charge in [0.2, 0.25) is 6.79 Å². The molecule has 9 nitrogen and oxygen atoms in total. The monoisotopic (exact) mass is 668 g/mol.